The van der Waals surface area contributed by atoms with Crippen molar-refractivity contribution in [2.24, 2.45) is 5.92 Å². The van der Waals surface area contributed by atoms with Crippen molar-refractivity contribution >= 4 is 17.4 Å². The summed E-state index contributed by atoms with van der Waals surface area (Å²) in [5.74, 6) is 0.612. The van der Waals surface area contributed by atoms with Crippen LogP contribution in [0, 0.1) is 5.92 Å². The number of aromatic nitrogens is 1. The van der Waals surface area contributed by atoms with E-state index in [9.17, 15) is 4.79 Å². The van der Waals surface area contributed by atoms with E-state index in [1.807, 2.05) is 37.2 Å². The Morgan fingerprint density at radius 3 is 2.73 bits per heavy atom. The zero-order valence-corrected chi connectivity index (χ0v) is 14.8. The maximum Gasteiger partial charge on any atom is 0.410 e. The topological polar surface area (TPSA) is 54.5 Å². The van der Waals surface area contributed by atoms with Crippen LogP contribution in [0.5, 0.6) is 0 Å². The lowest BCUT2D eigenvalue weighted by Gasteiger charge is -2.33. The highest BCUT2D eigenvalue weighted by Gasteiger charge is 2.26. The van der Waals surface area contributed by atoms with Crippen LogP contribution in [0.15, 0.2) is 11.6 Å². The van der Waals surface area contributed by atoms with Gasteiger partial charge in [-0.15, -0.1) is 11.3 Å². The Labute approximate surface area is 137 Å². The van der Waals surface area contributed by atoms with E-state index in [0.717, 1.165) is 37.5 Å². The number of hydrogen-bond acceptors (Lipinski definition) is 5. The molecule has 1 amide bonds. The maximum absolute atomic E-state index is 12.0. The molecule has 6 heteroatoms. The van der Waals surface area contributed by atoms with Gasteiger partial charge in [0, 0.05) is 24.7 Å². The van der Waals surface area contributed by atoms with Crippen molar-refractivity contribution in [2.45, 2.75) is 52.2 Å². The molecule has 1 saturated heterocycles. The number of nitrogens with zero attached hydrogens (tertiary/aromatic N) is 2. The first kappa shape index (κ1) is 17.2. The summed E-state index contributed by atoms with van der Waals surface area (Å²) in [6.07, 6.45) is 3.71. The molecular weight excluding hydrogens is 298 g/mol. The summed E-state index contributed by atoms with van der Waals surface area (Å²) in [5.41, 5.74) is -0.418. The third-order valence-electron chi connectivity index (χ3n) is 3.80. The lowest BCUT2D eigenvalue weighted by molar-refractivity contribution is 0.0183. The normalized spacial score (nSPS) is 18.3. The Morgan fingerprint density at radius 2 is 2.18 bits per heavy atom. The predicted octanol–water partition coefficient (Wildman–Crippen LogP) is 3.44. The Morgan fingerprint density at radius 1 is 1.50 bits per heavy atom. The molecule has 1 aliphatic heterocycles. The van der Waals surface area contributed by atoms with E-state index in [2.05, 4.69) is 17.2 Å². The molecule has 0 aliphatic carbocycles. The van der Waals surface area contributed by atoms with Crippen molar-refractivity contribution in [1.29, 1.82) is 0 Å². The van der Waals surface area contributed by atoms with Crippen LogP contribution in [-0.2, 0) is 4.74 Å². The molecule has 1 atom stereocenters. The molecule has 2 heterocycles. The third kappa shape index (κ3) is 5.25. The molecule has 0 aromatic carbocycles. The molecule has 1 N–H and O–H groups in total. The van der Waals surface area contributed by atoms with E-state index >= 15 is 0 Å². The molecule has 0 unspecified atom stereocenters. The first-order chi connectivity index (χ1) is 10.3. The van der Waals surface area contributed by atoms with Crippen molar-refractivity contribution in [3.8, 4) is 0 Å². The molecule has 2 rings (SSSR count). The van der Waals surface area contributed by atoms with E-state index in [1.165, 1.54) is 0 Å². The number of carbonyl (C=O) groups excluding carboxylic acids is 1. The smallest absolute Gasteiger partial charge is 0.410 e. The van der Waals surface area contributed by atoms with Crippen LogP contribution in [0.4, 0.5) is 4.79 Å². The van der Waals surface area contributed by atoms with Crippen molar-refractivity contribution in [2.75, 3.05) is 19.6 Å². The van der Waals surface area contributed by atoms with Gasteiger partial charge in [-0.05, 0) is 53.0 Å². The number of ether oxygens (including phenoxy) is 1. The number of hydrogen-bond donors (Lipinski definition) is 1. The first-order valence-electron chi connectivity index (χ1n) is 7.96. The molecular formula is C16H27N3O2S. The van der Waals surface area contributed by atoms with Gasteiger partial charge in [-0.1, -0.05) is 0 Å². The van der Waals surface area contributed by atoms with Gasteiger partial charge >= 0.3 is 6.09 Å². The highest BCUT2D eigenvalue weighted by molar-refractivity contribution is 7.09. The average Bonchev–Trinajstić information content (AvgIpc) is 2.97. The Balaban J connectivity index is 1.70. The predicted molar refractivity (Wildman–Crippen MR) is 89.1 cm³/mol. The fraction of sp³-hybridized carbons (Fsp3) is 0.750. The van der Waals surface area contributed by atoms with Crippen LogP contribution in [0.25, 0.3) is 0 Å². The molecule has 0 spiro atoms. The number of piperidine rings is 1. The highest BCUT2D eigenvalue weighted by Crippen LogP contribution is 2.21. The van der Waals surface area contributed by atoms with E-state index in [1.54, 1.807) is 11.3 Å². The van der Waals surface area contributed by atoms with E-state index in [0.29, 0.717) is 12.0 Å². The number of nitrogens with one attached hydrogen (secondary N) is 1. The van der Waals surface area contributed by atoms with Crippen LogP contribution in [0.1, 0.15) is 51.6 Å². The summed E-state index contributed by atoms with van der Waals surface area (Å²) < 4.78 is 5.42. The van der Waals surface area contributed by atoms with Gasteiger partial charge in [-0.25, -0.2) is 9.78 Å². The quantitative estimate of drug-likeness (QED) is 0.921. The van der Waals surface area contributed by atoms with Gasteiger partial charge < -0.3 is 15.0 Å². The zero-order valence-electron chi connectivity index (χ0n) is 14.0. The van der Waals surface area contributed by atoms with E-state index in [-0.39, 0.29) is 6.09 Å². The zero-order chi connectivity index (χ0) is 16.2. The molecule has 124 valence electrons. The molecule has 1 aromatic rings. The number of likely N-dealkylation sites (tertiary alicyclic amines) is 1. The number of carbonyl (C=O) groups is 1. The summed E-state index contributed by atoms with van der Waals surface area (Å²) in [4.78, 5) is 18.2. The highest BCUT2D eigenvalue weighted by atomic mass is 32.1. The molecule has 0 saturated carbocycles. The molecule has 0 radical (unpaired) electrons. The van der Waals surface area contributed by atoms with Gasteiger partial charge in [0.05, 0.1) is 6.04 Å². The van der Waals surface area contributed by atoms with Crippen molar-refractivity contribution < 1.29 is 9.53 Å². The third-order valence-corrected chi connectivity index (χ3v) is 4.76. The summed E-state index contributed by atoms with van der Waals surface area (Å²) in [5, 5.41) is 6.69. The molecule has 1 fully saturated rings. The first-order valence-corrected chi connectivity index (χ1v) is 8.84. The van der Waals surface area contributed by atoms with Crippen LogP contribution < -0.4 is 5.32 Å². The van der Waals surface area contributed by atoms with Gasteiger partial charge in [0.1, 0.15) is 10.6 Å². The van der Waals surface area contributed by atoms with Gasteiger partial charge in [0.25, 0.3) is 0 Å². The van der Waals surface area contributed by atoms with Gasteiger partial charge in [0.15, 0.2) is 0 Å². The minimum atomic E-state index is -0.418. The summed E-state index contributed by atoms with van der Waals surface area (Å²) in [6.45, 7) is 10.4. The maximum atomic E-state index is 12.0. The fourth-order valence-electron chi connectivity index (χ4n) is 2.53. The van der Waals surface area contributed by atoms with Gasteiger partial charge in [-0.3, -0.25) is 0 Å². The Bertz CT molecular complexity index is 462. The van der Waals surface area contributed by atoms with Crippen LogP contribution in [-0.4, -0.2) is 41.2 Å². The minimum Gasteiger partial charge on any atom is -0.444 e. The summed E-state index contributed by atoms with van der Waals surface area (Å²) >= 11 is 1.68. The van der Waals surface area contributed by atoms with Crippen molar-refractivity contribution in [3.63, 3.8) is 0 Å². The molecule has 1 aliphatic rings. The summed E-state index contributed by atoms with van der Waals surface area (Å²) in [7, 11) is 0. The molecule has 1 aromatic heterocycles. The molecule has 22 heavy (non-hydrogen) atoms. The standard InChI is InChI=1S/C16H27N3O2S/c1-12(14-17-7-10-22-14)18-11-13-5-8-19(9-6-13)15(20)21-16(2,3)4/h7,10,12-13,18H,5-6,8-9,11H2,1-4H3/t12-/m0/s1. The lowest BCUT2D eigenvalue weighted by atomic mass is 9.97. The second-order valence-corrected chi connectivity index (χ2v) is 7.84. The molecule has 5 nitrogen and oxygen atoms in total. The molecule has 0 bridgehead atoms. The second-order valence-electron chi connectivity index (χ2n) is 6.91. The van der Waals surface area contributed by atoms with E-state index < -0.39 is 5.60 Å². The number of rotatable bonds is 4. The number of amides is 1. The van der Waals surface area contributed by atoms with Crippen molar-refractivity contribution in [3.05, 3.63) is 16.6 Å². The lowest BCUT2D eigenvalue weighted by Crippen LogP contribution is -2.43. The fourth-order valence-corrected chi connectivity index (χ4v) is 3.20. The van der Waals surface area contributed by atoms with Gasteiger partial charge in [-0.2, -0.15) is 0 Å². The van der Waals surface area contributed by atoms with Crippen molar-refractivity contribution in [1.82, 2.24) is 15.2 Å². The van der Waals surface area contributed by atoms with Crippen LogP contribution in [0.2, 0.25) is 0 Å². The van der Waals surface area contributed by atoms with E-state index in [4.69, 9.17) is 4.74 Å². The Hall–Kier alpha value is -1.14. The minimum absolute atomic E-state index is 0.185. The SMILES string of the molecule is C[C@H](NCC1CCN(C(=O)OC(C)(C)C)CC1)c1nccs1. The van der Waals surface area contributed by atoms with Gasteiger partial charge in [0.2, 0.25) is 0 Å². The average molecular weight is 325 g/mol. The monoisotopic (exact) mass is 325 g/mol. The Kier molecular flexibility index (Phi) is 5.81. The number of thiazole rings is 1. The van der Waals surface area contributed by atoms with Crippen LogP contribution in [0.3, 0.4) is 0 Å². The largest absolute Gasteiger partial charge is 0.444 e. The summed E-state index contributed by atoms with van der Waals surface area (Å²) in [6, 6.07) is 0.295. The second kappa shape index (κ2) is 7.42. The van der Waals surface area contributed by atoms with Crippen LogP contribution >= 0.6 is 11.3 Å².